The zero-order chi connectivity index (χ0) is 14.2. The predicted octanol–water partition coefficient (Wildman–Crippen LogP) is 1.70. The largest absolute Gasteiger partial charge is 0.370 e. The van der Waals surface area contributed by atoms with E-state index in [1.807, 2.05) is 6.07 Å². The second-order valence-electron chi connectivity index (χ2n) is 4.80. The van der Waals surface area contributed by atoms with Crippen LogP contribution in [0, 0.1) is 0 Å². The Kier molecular flexibility index (Phi) is 5.32. The maximum absolute atomic E-state index is 11.1. The van der Waals surface area contributed by atoms with Crippen LogP contribution in [0.1, 0.15) is 12.0 Å². The topological polar surface area (TPSA) is 61.0 Å². The molecule has 106 valence electrons. The number of hydrogen-bond donors (Lipinski definition) is 2. The van der Waals surface area contributed by atoms with Gasteiger partial charge in [-0.05, 0) is 25.6 Å². The fourth-order valence-electron chi connectivity index (χ4n) is 2.00. The Hall–Kier alpha value is -2.14. The van der Waals surface area contributed by atoms with Gasteiger partial charge >= 0.3 is 0 Å². The highest BCUT2D eigenvalue weighted by Crippen LogP contribution is 2.03. The van der Waals surface area contributed by atoms with Crippen molar-refractivity contribution < 1.29 is 0 Å². The molecule has 1 aromatic carbocycles. The average Bonchev–Trinajstić information content (AvgIpc) is 2.45. The lowest BCUT2D eigenvalue weighted by molar-refractivity contribution is 0.325. The molecular weight excluding hydrogens is 252 g/mol. The lowest BCUT2D eigenvalue weighted by Gasteiger charge is -2.16. The van der Waals surface area contributed by atoms with Crippen LogP contribution in [0.4, 0.5) is 5.82 Å². The monoisotopic (exact) mass is 272 g/mol. The number of nitrogens with zero attached hydrogens (tertiary/aromatic N) is 2. The number of aromatic nitrogens is 2. The van der Waals surface area contributed by atoms with E-state index in [0.717, 1.165) is 26.1 Å². The van der Waals surface area contributed by atoms with Gasteiger partial charge in [0.2, 0.25) is 0 Å². The minimum atomic E-state index is -0.135. The molecule has 2 rings (SSSR count). The van der Waals surface area contributed by atoms with E-state index in [1.165, 1.54) is 18.0 Å². The van der Waals surface area contributed by atoms with Crippen molar-refractivity contribution in [3.8, 4) is 0 Å². The van der Waals surface area contributed by atoms with E-state index < -0.39 is 0 Å². The second kappa shape index (κ2) is 7.45. The van der Waals surface area contributed by atoms with Crippen molar-refractivity contribution in [2.45, 2.75) is 13.0 Å². The van der Waals surface area contributed by atoms with Gasteiger partial charge in [0.05, 0.1) is 6.33 Å². The highest BCUT2D eigenvalue weighted by Gasteiger charge is 2.00. The summed E-state index contributed by atoms with van der Waals surface area (Å²) in [5.74, 6) is 0.625. The highest BCUT2D eigenvalue weighted by molar-refractivity contribution is 5.31. The van der Waals surface area contributed by atoms with Crippen LogP contribution in [0.25, 0.3) is 0 Å². The lowest BCUT2D eigenvalue weighted by Crippen LogP contribution is -2.21. The third-order valence-electron chi connectivity index (χ3n) is 3.00. The summed E-state index contributed by atoms with van der Waals surface area (Å²) in [5.41, 5.74) is 1.18. The van der Waals surface area contributed by atoms with Crippen LogP contribution in [0.15, 0.2) is 47.5 Å². The van der Waals surface area contributed by atoms with E-state index in [2.05, 4.69) is 51.5 Å². The van der Waals surface area contributed by atoms with Crippen LogP contribution in [-0.2, 0) is 6.54 Å². The number of benzene rings is 1. The van der Waals surface area contributed by atoms with Crippen LogP contribution in [0.2, 0.25) is 0 Å². The first-order chi connectivity index (χ1) is 9.74. The quantitative estimate of drug-likeness (QED) is 0.753. The molecule has 0 saturated carbocycles. The minimum Gasteiger partial charge on any atom is -0.370 e. The minimum absolute atomic E-state index is 0.135. The zero-order valence-electron chi connectivity index (χ0n) is 11.7. The van der Waals surface area contributed by atoms with E-state index in [-0.39, 0.29) is 5.56 Å². The number of aromatic amines is 1. The fourth-order valence-corrected chi connectivity index (χ4v) is 2.00. The first kappa shape index (κ1) is 14.3. The Labute approximate surface area is 118 Å². The van der Waals surface area contributed by atoms with E-state index in [4.69, 9.17) is 0 Å². The third-order valence-corrected chi connectivity index (χ3v) is 3.00. The Morgan fingerprint density at radius 3 is 2.85 bits per heavy atom. The number of anilines is 1. The van der Waals surface area contributed by atoms with Gasteiger partial charge in [-0.3, -0.25) is 4.79 Å². The van der Waals surface area contributed by atoms with Crippen molar-refractivity contribution in [1.29, 1.82) is 0 Å². The SMILES string of the molecule is CN(CCCNc1cc(=O)[nH]cn1)Cc1ccccc1. The summed E-state index contributed by atoms with van der Waals surface area (Å²) in [5, 5.41) is 3.15. The molecule has 0 saturated heterocycles. The summed E-state index contributed by atoms with van der Waals surface area (Å²) in [4.78, 5) is 19.9. The molecular formula is C15H20N4O. The summed E-state index contributed by atoms with van der Waals surface area (Å²) in [6.45, 7) is 2.74. The summed E-state index contributed by atoms with van der Waals surface area (Å²) in [6.07, 6.45) is 2.41. The van der Waals surface area contributed by atoms with Crippen LogP contribution in [0.3, 0.4) is 0 Å². The maximum atomic E-state index is 11.1. The lowest BCUT2D eigenvalue weighted by atomic mass is 10.2. The summed E-state index contributed by atoms with van der Waals surface area (Å²) in [7, 11) is 2.11. The molecule has 20 heavy (non-hydrogen) atoms. The van der Waals surface area contributed by atoms with E-state index in [9.17, 15) is 4.79 Å². The molecule has 0 spiro atoms. The van der Waals surface area contributed by atoms with Crippen LogP contribution >= 0.6 is 0 Å². The normalized spacial score (nSPS) is 10.7. The van der Waals surface area contributed by atoms with Gasteiger partial charge in [-0.2, -0.15) is 0 Å². The van der Waals surface area contributed by atoms with E-state index in [0.29, 0.717) is 5.82 Å². The Bertz CT molecular complexity index is 567. The highest BCUT2D eigenvalue weighted by atomic mass is 16.1. The molecule has 1 aromatic heterocycles. The number of hydrogen-bond acceptors (Lipinski definition) is 4. The maximum Gasteiger partial charge on any atom is 0.252 e. The molecule has 0 aliphatic carbocycles. The van der Waals surface area contributed by atoms with Gasteiger partial charge in [-0.15, -0.1) is 0 Å². The first-order valence-electron chi connectivity index (χ1n) is 6.75. The van der Waals surface area contributed by atoms with Gasteiger partial charge in [-0.1, -0.05) is 30.3 Å². The summed E-state index contributed by atoms with van der Waals surface area (Å²) >= 11 is 0. The smallest absolute Gasteiger partial charge is 0.252 e. The summed E-state index contributed by atoms with van der Waals surface area (Å²) in [6, 6.07) is 11.9. The molecule has 2 N–H and O–H groups in total. The van der Waals surface area contributed by atoms with Gasteiger partial charge in [0.15, 0.2) is 0 Å². The van der Waals surface area contributed by atoms with Crippen molar-refractivity contribution in [3.63, 3.8) is 0 Å². The number of nitrogens with one attached hydrogen (secondary N) is 2. The molecule has 0 radical (unpaired) electrons. The Balaban J connectivity index is 1.67. The molecule has 5 nitrogen and oxygen atoms in total. The van der Waals surface area contributed by atoms with Gasteiger partial charge in [-0.25, -0.2) is 4.98 Å². The Morgan fingerprint density at radius 2 is 2.10 bits per heavy atom. The molecule has 1 heterocycles. The second-order valence-corrected chi connectivity index (χ2v) is 4.80. The van der Waals surface area contributed by atoms with Gasteiger partial charge in [0.25, 0.3) is 5.56 Å². The van der Waals surface area contributed by atoms with E-state index >= 15 is 0 Å². The molecule has 5 heteroatoms. The predicted molar refractivity (Wildman–Crippen MR) is 80.7 cm³/mol. The fraction of sp³-hybridized carbons (Fsp3) is 0.333. The molecule has 0 aliphatic heterocycles. The molecule has 2 aromatic rings. The van der Waals surface area contributed by atoms with Gasteiger partial charge in [0, 0.05) is 19.2 Å². The van der Waals surface area contributed by atoms with Crippen LogP contribution < -0.4 is 10.9 Å². The molecule has 0 bridgehead atoms. The van der Waals surface area contributed by atoms with Gasteiger partial charge < -0.3 is 15.2 Å². The van der Waals surface area contributed by atoms with Gasteiger partial charge in [0.1, 0.15) is 5.82 Å². The molecule has 0 unspecified atom stereocenters. The van der Waals surface area contributed by atoms with E-state index in [1.54, 1.807) is 0 Å². The summed E-state index contributed by atoms with van der Waals surface area (Å²) < 4.78 is 0. The molecule has 0 atom stereocenters. The van der Waals surface area contributed by atoms with Crippen molar-refractivity contribution in [1.82, 2.24) is 14.9 Å². The number of H-pyrrole nitrogens is 1. The Morgan fingerprint density at radius 1 is 1.30 bits per heavy atom. The standard InChI is InChI=1S/C15H20N4O/c1-19(11-13-6-3-2-4-7-13)9-5-8-16-14-10-15(20)18-12-17-14/h2-4,6-7,10,12H,5,8-9,11H2,1H3,(H2,16,17,18,20). The average molecular weight is 272 g/mol. The van der Waals surface area contributed by atoms with Crippen molar-refractivity contribution in [2.75, 3.05) is 25.5 Å². The molecule has 0 amide bonds. The zero-order valence-corrected chi connectivity index (χ0v) is 11.7. The van der Waals surface area contributed by atoms with Crippen molar-refractivity contribution in [2.24, 2.45) is 0 Å². The third kappa shape index (κ3) is 4.85. The number of rotatable bonds is 7. The van der Waals surface area contributed by atoms with Crippen LogP contribution in [-0.4, -0.2) is 35.0 Å². The first-order valence-corrected chi connectivity index (χ1v) is 6.75. The van der Waals surface area contributed by atoms with Crippen molar-refractivity contribution >= 4 is 5.82 Å². The van der Waals surface area contributed by atoms with Crippen molar-refractivity contribution in [3.05, 3.63) is 58.6 Å². The molecule has 0 fully saturated rings. The molecule has 0 aliphatic rings. The van der Waals surface area contributed by atoms with Crippen LogP contribution in [0.5, 0.6) is 0 Å².